The fraction of sp³-hybridized carbons (Fsp3) is 0.875. The summed E-state index contributed by atoms with van der Waals surface area (Å²) in [5.74, 6) is 1.48. The fourth-order valence-electron chi connectivity index (χ4n) is 2.48. The normalized spacial score (nSPS) is 18.6. The highest BCUT2D eigenvalue weighted by molar-refractivity contribution is 7.80. The summed E-state index contributed by atoms with van der Waals surface area (Å²) in [6.45, 7) is 7.91. The molecule has 1 saturated heterocycles. The summed E-state index contributed by atoms with van der Waals surface area (Å²) in [6.07, 6.45) is 4.39. The van der Waals surface area contributed by atoms with Gasteiger partial charge >= 0.3 is 6.09 Å². The summed E-state index contributed by atoms with van der Waals surface area (Å²) in [4.78, 5) is 25.1. The van der Waals surface area contributed by atoms with Crippen LogP contribution in [-0.4, -0.2) is 47.9 Å². The van der Waals surface area contributed by atoms with Crippen LogP contribution in [0.1, 0.15) is 52.9 Å². The number of ether oxygens (including phenoxy) is 1. The minimum absolute atomic E-state index is 0.269. The van der Waals surface area contributed by atoms with Crippen LogP contribution < -0.4 is 5.32 Å². The van der Waals surface area contributed by atoms with Crippen LogP contribution in [0, 0.1) is 5.92 Å². The molecule has 1 unspecified atom stereocenters. The molecule has 0 radical (unpaired) electrons. The van der Waals surface area contributed by atoms with Crippen molar-refractivity contribution in [1.29, 1.82) is 0 Å². The lowest BCUT2D eigenvalue weighted by molar-refractivity contribution is -0.127. The van der Waals surface area contributed by atoms with Crippen LogP contribution in [0.15, 0.2) is 0 Å². The van der Waals surface area contributed by atoms with E-state index in [0.717, 1.165) is 44.5 Å². The number of nitrogens with zero attached hydrogens (tertiary/aromatic N) is 1. The van der Waals surface area contributed by atoms with E-state index < -0.39 is 5.60 Å². The van der Waals surface area contributed by atoms with Crippen molar-refractivity contribution in [3.05, 3.63) is 0 Å². The predicted molar refractivity (Wildman–Crippen MR) is 91.2 cm³/mol. The highest BCUT2D eigenvalue weighted by Crippen LogP contribution is 2.19. The number of amides is 2. The molecule has 0 saturated carbocycles. The Hall–Kier alpha value is -0.910. The van der Waals surface area contributed by atoms with Gasteiger partial charge in [-0.2, -0.15) is 12.6 Å². The van der Waals surface area contributed by atoms with Crippen LogP contribution in [0.25, 0.3) is 0 Å². The molecule has 128 valence electrons. The number of carbonyl (C=O) groups is 2. The zero-order valence-corrected chi connectivity index (χ0v) is 15.0. The van der Waals surface area contributed by atoms with Crippen LogP contribution in [0.5, 0.6) is 0 Å². The van der Waals surface area contributed by atoms with Crippen molar-refractivity contribution in [2.24, 2.45) is 5.92 Å². The second-order valence-corrected chi connectivity index (χ2v) is 7.30. The van der Waals surface area contributed by atoms with E-state index >= 15 is 0 Å². The molecule has 1 aliphatic rings. The Balaban J connectivity index is 1.98. The minimum Gasteiger partial charge on any atom is -0.444 e. The number of hydrogen-bond acceptors (Lipinski definition) is 4. The number of thiol groups is 1. The first-order chi connectivity index (χ1) is 10.3. The third-order valence-corrected chi connectivity index (χ3v) is 4.09. The topological polar surface area (TPSA) is 58.6 Å². The lowest BCUT2D eigenvalue weighted by Crippen LogP contribution is -2.33. The summed E-state index contributed by atoms with van der Waals surface area (Å²) < 4.78 is 5.16. The van der Waals surface area contributed by atoms with Gasteiger partial charge in [0.05, 0.1) is 0 Å². The highest BCUT2D eigenvalue weighted by atomic mass is 32.1. The largest absolute Gasteiger partial charge is 0.444 e. The van der Waals surface area contributed by atoms with Gasteiger partial charge in [-0.05, 0) is 45.3 Å². The molecule has 2 amide bonds. The van der Waals surface area contributed by atoms with Crippen molar-refractivity contribution >= 4 is 24.6 Å². The molecule has 1 N–H and O–H groups in total. The molecule has 5 nitrogen and oxygen atoms in total. The van der Waals surface area contributed by atoms with Crippen molar-refractivity contribution in [2.45, 2.75) is 58.5 Å². The van der Waals surface area contributed by atoms with Crippen molar-refractivity contribution in [2.75, 3.05) is 25.4 Å². The van der Waals surface area contributed by atoms with Crippen molar-refractivity contribution < 1.29 is 14.3 Å². The summed E-state index contributed by atoms with van der Waals surface area (Å²) in [6, 6.07) is 0. The van der Waals surface area contributed by atoms with Gasteiger partial charge in [0.25, 0.3) is 0 Å². The second-order valence-electron chi connectivity index (χ2n) is 6.94. The van der Waals surface area contributed by atoms with Gasteiger partial charge in [-0.25, -0.2) is 4.79 Å². The minimum atomic E-state index is -0.447. The van der Waals surface area contributed by atoms with E-state index in [9.17, 15) is 9.59 Å². The molecular weight excluding hydrogens is 300 g/mol. The summed E-state index contributed by atoms with van der Waals surface area (Å²) in [5.41, 5.74) is -0.447. The maximum atomic E-state index is 11.7. The molecule has 0 aromatic heterocycles. The number of likely N-dealkylation sites (tertiary alicyclic amines) is 1. The van der Waals surface area contributed by atoms with Crippen LogP contribution in [-0.2, 0) is 9.53 Å². The van der Waals surface area contributed by atoms with E-state index in [0.29, 0.717) is 18.9 Å². The monoisotopic (exact) mass is 330 g/mol. The molecule has 0 aliphatic carbocycles. The number of alkyl carbamates (subject to hydrolysis) is 1. The van der Waals surface area contributed by atoms with Gasteiger partial charge < -0.3 is 15.0 Å². The number of carbonyl (C=O) groups excluding carboxylic acids is 2. The van der Waals surface area contributed by atoms with Crippen molar-refractivity contribution in [1.82, 2.24) is 10.2 Å². The van der Waals surface area contributed by atoms with Crippen LogP contribution in [0.2, 0.25) is 0 Å². The van der Waals surface area contributed by atoms with Gasteiger partial charge in [-0.3, -0.25) is 4.79 Å². The molecule has 0 spiro atoms. The summed E-state index contributed by atoms with van der Waals surface area (Å²) in [7, 11) is 0. The Bertz CT molecular complexity index is 369. The third kappa shape index (κ3) is 7.92. The number of hydrogen-bond donors (Lipinski definition) is 2. The van der Waals surface area contributed by atoms with Gasteiger partial charge in [0.1, 0.15) is 5.60 Å². The Morgan fingerprint density at radius 2 is 2.00 bits per heavy atom. The Morgan fingerprint density at radius 3 is 2.59 bits per heavy atom. The first-order valence-electron chi connectivity index (χ1n) is 8.17. The van der Waals surface area contributed by atoms with E-state index in [2.05, 4.69) is 17.9 Å². The number of rotatable bonds is 8. The Kier molecular flexibility index (Phi) is 8.07. The van der Waals surface area contributed by atoms with Gasteiger partial charge in [0.2, 0.25) is 5.91 Å². The molecular formula is C16H30N2O3S. The highest BCUT2D eigenvalue weighted by Gasteiger charge is 2.27. The molecule has 0 aromatic carbocycles. The third-order valence-electron chi connectivity index (χ3n) is 3.58. The first kappa shape index (κ1) is 19.1. The standard InChI is InChI=1S/C16H30N2O3S/c1-16(2,3)21-15(20)17-8-6-4-5-7-9-18-11-13(12-22)10-14(18)19/h13,22H,4-12H2,1-3H3,(H,17,20). The number of unbranched alkanes of at least 4 members (excludes halogenated alkanes) is 3. The molecule has 1 fully saturated rings. The lowest BCUT2D eigenvalue weighted by atomic mass is 10.1. The van der Waals surface area contributed by atoms with E-state index in [1.165, 1.54) is 0 Å². The van der Waals surface area contributed by atoms with Gasteiger partial charge in [-0.1, -0.05) is 12.8 Å². The van der Waals surface area contributed by atoms with Gasteiger partial charge in [0, 0.05) is 26.1 Å². The summed E-state index contributed by atoms with van der Waals surface area (Å²) in [5, 5.41) is 2.76. The van der Waals surface area contributed by atoms with Crippen LogP contribution in [0.3, 0.4) is 0 Å². The molecule has 1 rings (SSSR count). The Labute approximate surface area is 139 Å². The fourth-order valence-corrected chi connectivity index (χ4v) is 2.72. The molecule has 0 aromatic rings. The summed E-state index contributed by atoms with van der Waals surface area (Å²) >= 11 is 4.26. The molecule has 0 bridgehead atoms. The molecule has 6 heteroatoms. The molecule has 1 atom stereocenters. The van der Waals surface area contributed by atoms with E-state index in [1.54, 1.807) is 0 Å². The zero-order chi connectivity index (χ0) is 16.6. The first-order valence-corrected chi connectivity index (χ1v) is 8.80. The van der Waals surface area contributed by atoms with E-state index in [-0.39, 0.29) is 12.0 Å². The van der Waals surface area contributed by atoms with E-state index in [1.807, 2.05) is 25.7 Å². The average molecular weight is 330 g/mol. The van der Waals surface area contributed by atoms with Crippen LogP contribution >= 0.6 is 12.6 Å². The second kappa shape index (κ2) is 9.28. The SMILES string of the molecule is CC(C)(C)OC(=O)NCCCCCCN1CC(CS)CC1=O. The molecule has 22 heavy (non-hydrogen) atoms. The molecule has 1 heterocycles. The average Bonchev–Trinajstić information content (AvgIpc) is 2.76. The zero-order valence-electron chi connectivity index (χ0n) is 14.1. The Morgan fingerprint density at radius 1 is 1.32 bits per heavy atom. The number of nitrogens with one attached hydrogen (secondary N) is 1. The van der Waals surface area contributed by atoms with Gasteiger partial charge in [-0.15, -0.1) is 0 Å². The van der Waals surface area contributed by atoms with Crippen molar-refractivity contribution in [3.63, 3.8) is 0 Å². The molecule has 1 aliphatic heterocycles. The van der Waals surface area contributed by atoms with Crippen LogP contribution in [0.4, 0.5) is 4.79 Å². The van der Waals surface area contributed by atoms with Gasteiger partial charge in [0.15, 0.2) is 0 Å². The maximum absolute atomic E-state index is 11.7. The quantitative estimate of drug-likeness (QED) is 0.531. The predicted octanol–water partition coefficient (Wildman–Crippen LogP) is 2.85. The maximum Gasteiger partial charge on any atom is 0.407 e. The van der Waals surface area contributed by atoms with E-state index in [4.69, 9.17) is 4.74 Å². The van der Waals surface area contributed by atoms with Crippen molar-refractivity contribution in [3.8, 4) is 0 Å². The lowest BCUT2D eigenvalue weighted by Gasteiger charge is -2.19. The smallest absolute Gasteiger partial charge is 0.407 e.